The molecule has 6 heteroatoms. The van der Waals surface area contributed by atoms with Crippen LogP contribution in [0.1, 0.15) is 28.3 Å². The summed E-state index contributed by atoms with van der Waals surface area (Å²) < 4.78 is 3.85. The first kappa shape index (κ1) is 16.6. The first-order valence-electron chi connectivity index (χ1n) is 8.00. The molecule has 0 unspecified atom stereocenters. The molecule has 1 aromatic carbocycles. The number of nitrogens with one attached hydrogen (secondary N) is 1. The maximum atomic E-state index is 12.4. The molecule has 0 aliphatic heterocycles. The number of amides is 1. The molecule has 0 atom stereocenters. The number of benzene rings is 1. The van der Waals surface area contributed by atoms with Gasteiger partial charge in [0.2, 0.25) is 0 Å². The summed E-state index contributed by atoms with van der Waals surface area (Å²) in [6.07, 6.45) is 0.837. The van der Waals surface area contributed by atoms with Gasteiger partial charge in [0.25, 0.3) is 5.91 Å². The van der Waals surface area contributed by atoms with Crippen LogP contribution in [0.25, 0.3) is 10.9 Å². The molecule has 0 aliphatic rings. The summed E-state index contributed by atoms with van der Waals surface area (Å²) in [5.41, 5.74) is 3.75. The van der Waals surface area contributed by atoms with E-state index in [1.807, 2.05) is 54.4 Å². The minimum Gasteiger partial charge on any atom is -0.351 e. The van der Waals surface area contributed by atoms with E-state index in [2.05, 4.69) is 16.5 Å². The molecule has 0 radical (unpaired) electrons. The average molecular weight is 345 g/mol. The van der Waals surface area contributed by atoms with Crippen molar-refractivity contribution in [1.29, 1.82) is 0 Å². The van der Waals surface area contributed by atoms with Crippen LogP contribution in [0.15, 0.2) is 30.3 Å². The molecule has 1 amide bonds. The molecular formula is C18H21ClN4O. The number of carbonyl (C=O) groups excluding carboxylic acids is 1. The van der Waals surface area contributed by atoms with Gasteiger partial charge in [0.1, 0.15) is 5.69 Å². The summed E-state index contributed by atoms with van der Waals surface area (Å²) in [7, 11) is 1.88. The van der Waals surface area contributed by atoms with E-state index < -0.39 is 0 Å². The number of nitrogens with zero attached hydrogens (tertiary/aromatic N) is 3. The Morgan fingerprint density at radius 3 is 2.75 bits per heavy atom. The van der Waals surface area contributed by atoms with Gasteiger partial charge in [-0.15, -0.1) is 0 Å². The van der Waals surface area contributed by atoms with Crippen molar-refractivity contribution in [3.8, 4) is 0 Å². The number of aromatic nitrogens is 3. The minimum absolute atomic E-state index is 0.0711. The Balaban J connectivity index is 1.61. The second-order valence-corrected chi connectivity index (χ2v) is 6.49. The SMILES string of the molecule is Cc1cc(C)n(CCCNC(=O)c2cc3ccc(Cl)cc3n2C)n1. The Labute approximate surface area is 146 Å². The van der Waals surface area contributed by atoms with Gasteiger partial charge in [-0.1, -0.05) is 17.7 Å². The molecule has 2 heterocycles. The minimum atomic E-state index is -0.0711. The molecule has 0 aliphatic carbocycles. The van der Waals surface area contributed by atoms with Gasteiger partial charge in [-0.3, -0.25) is 9.48 Å². The molecular weight excluding hydrogens is 324 g/mol. The highest BCUT2D eigenvalue weighted by molar-refractivity contribution is 6.31. The third kappa shape index (κ3) is 3.31. The van der Waals surface area contributed by atoms with E-state index >= 15 is 0 Å². The van der Waals surface area contributed by atoms with Crippen LogP contribution in [0.5, 0.6) is 0 Å². The maximum absolute atomic E-state index is 12.4. The predicted octanol–water partition coefficient (Wildman–Crippen LogP) is 3.47. The zero-order valence-electron chi connectivity index (χ0n) is 14.1. The number of carbonyl (C=O) groups is 1. The molecule has 0 saturated carbocycles. The fourth-order valence-corrected chi connectivity index (χ4v) is 3.11. The number of halogens is 1. The standard InChI is InChI=1S/C18H21ClN4O/c1-12-9-13(2)23(21-12)8-4-7-20-18(24)17-10-14-5-6-15(19)11-16(14)22(17)3/h5-6,9-11H,4,7-8H2,1-3H3,(H,20,24). The summed E-state index contributed by atoms with van der Waals surface area (Å²) in [5.74, 6) is -0.0711. The van der Waals surface area contributed by atoms with Crippen molar-refractivity contribution >= 4 is 28.4 Å². The van der Waals surface area contributed by atoms with Gasteiger partial charge in [-0.05, 0) is 44.5 Å². The number of hydrogen-bond donors (Lipinski definition) is 1. The highest BCUT2D eigenvalue weighted by Crippen LogP contribution is 2.22. The highest BCUT2D eigenvalue weighted by atomic mass is 35.5. The van der Waals surface area contributed by atoms with E-state index in [1.54, 1.807) is 0 Å². The lowest BCUT2D eigenvalue weighted by molar-refractivity contribution is 0.0945. The van der Waals surface area contributed by atoms with E-state index in [9.17, 15) is 4.79 Å². The van der Waals surface area contributed by atoms with E-state index in [0.29, 0.717) is 17.3 Å². The molecule has 3 rings (SSSR count). The summed E-state index contributed by atoms with van der Waals surface area (Å²) in [6, 6.07) is 9.58. The van der Waals surface area contributed by atoms with E-state index in [-0.39, 0.29) is 5.91 Å². The molecule has 1 N–H and O–H groups in total. The summed E-state index contributed by atoms with van der Waals surface area (Å²) in [4.78, 5) is 12.4. The smallest absolute Gasteiger partial charge is 0.267 e. The second-order valence-electron chi connectivity index (χ2n) is 6.05. The second kappa shape index (κ2) is 6.69. The molecule has 0 fully saturated rings. The van der Waals surface area contributed by atoms with Crippen LogP contribution in [0.3, 0.4) is 0 Å². The Bertz CT molecular complexity index is 894. The lowest BCUT2D eigenvalue weighted by Gasteiger charge is -2.08. The lowest BCUT2D eigenvalue weighted by atomic mass is 10.2. The monoisotopic (exact) mass is 344 g/mol. The van der Waals surface area contributed by atoms with Crippen molar-refractivity contribution in [2.24, 2.45) is 7.05 Å². The fraction of sp³-hybridized carbons (Fsp3) is 0.333. The van der Waals surface area contributed by atoms with Gasteiger partial charge in [-0.25, -0.2) is 0 Å². The van der Waals surface area contributed by atoms with Gasteiger partial charge in [0.15, 0.2) is 0 Å². The average Bonchev–Trinajstić information content (AvgIpc) is 3.03. The van der Waals surface area contributed by atoms with E-state index in [1.165, 1.54) is 0 Å². The summed E-state index contributed by atoms with van der Waals surface area (Å²) in [5, 5.41) is 9.08. The Morgan fingerprint density at radius 1 is 1.25 bits per heavy atom. The highest BCUT2D eigenvalue weighted by Gasteiger charge is 2.13. The molecule has 5 nitrogen and oxygen atoms in total. The van der Waals surface area contributed by atoms with Crippen molar-refractivity contribution in [1.82, 2.24) is 19.7 Å². The van der Waals surface area contributed by atoms with Gasteiger partial charge in [0.05, 0.1) is 5.69 Å². The number of fused-ring (bicyclic) bond motifs is 1. The summed E-state index contributed by atoms with van der Waals surface area (Å²) >= 11 is 6.03. The Morgan fingerprint density at radius 2 is 2.04 bits per heavy atom. The van der Waals surface area contributed by atoms with E-state index in [0.717, 1.165) is 35.3 Å². The summed E-state index contributed by atoms with van der Waals surface area (Å²) in [6.45, 7) is 5.43. The quantitative estimate of drug-likeness (QED) is 0.720. The molecule has 0 bridgehead atoms. The Hall–Kier alpha value is -2.27. The van der Waals surface area contributed by atoms with Gasteiger partial charge in [-0.2, -0.15) is 5.10 Å². The molecule has 3 aromatic rings. The van der Waals surface area contributed by atoms with Gasteiger partial charge < -0.3 is 9.88 Å². The van der Waals surface area contributed by atoms with Crippen LogP contribution < -0.4 is 5.32 Å². The van der Waals surface area contributed by atoms with Crippen LogP contribution in [-0.2, 0) is 13.6 Å². The zero-order valence-corrected chi connectivity index (χ0v) is 14.9. The topological polar surface area (TPSA) is 51.9 Å². The number of rotatable bonds is 5. The first-order valence-corrected chi connectivity index (χ1v) is 8.38. The molecule has 24 heavy (non-hydrogen) atoms. The third-order valence-electron chi connectivity index (χ3n) is 4.18. The third-order valence-corrected chi connectivity index (χ3v) is 4.41. The van der Waals surface area contributed by atoms with Gasteiger partial charge in [0, 0.05) is 41.8 Å². The molecule has 126 valence electrons. The van der Waals surface area contributed by atoms with Crippen molar-refractivity contribution in [3.05, 3.63) is 52.4 Å². The van der Waals surface area contributed by atoms with Crippen molar-refractivity contribution < 1.29 is 4.79 Å². The van der Waals surface area contributed by atoms with Crippen molar-refractivity contribution in [2.45, 2.75) is 26.8 Å². The first-order chi connectivity index (χ1) is 11.5. The predicted molar refractivity (Wildman–Crippen MR) is 96.6 cm³/mol. The molecule has 0 saturated heterocycles. The normalized spacial score (nSPS) is 11.2. The maximum Gasteiger partial charge on any atom is 0.267 e. The van der Waals surface area contributed by atoms with Crippen LogP contribution in [-0.4, -0.2) is 26.8 Å². The number of hydrogen-bond acceptors (Lipinski definition) is 2. The Kier molecular flexibility index (Phi) is 4.62. The van der Waals surface area contributed by atoms with Crippen LogP contribution >= 0.6 is 11.6 Å². The lowest BCUT2D eigenvalue weighted by Crippen LogP contribution is -2.27. The van der Waals surface area contributed by atoms with Crippen molar-refractivity contribution in [3.63, 3.8) is 0 Å². The molecule has 0 spiro atoms. The van der Waals surface area contributed by atoms with Crippen LogP contribution in [0.4, 0.5) is 0 Å². The largest absolute Gasteiger partial charge is 0.351 e. The van der Waals surface area contributed by atoms with Crippen LogP contribution in [0, 0.1) is 13.8 Å². The number of aryl methyl sites for hydroxylation is 4. The fourth-order valence-electron chi connectivity index (χ4n) is 2.94. The van der Waals surface area contributed by atoms with Gasteiger partial charge >= 0.3 is 0 Å². The molecule has 2 aromatic heterocycles. The zero-order chi connectivity index (χ0) is 17.3. The van der Waals surface area contributed by atoms with Crippen LogP contribution in [0.2, 0.25) is 5.02 Å². The van der Waals surface area contributed by atoms with Crippen molar-refractivity contribution in [2.75, 3.05) is 6.54 Å². The van der Waals surface area contributed by atoms with E-state index in [4.69, 9.17) is 11.6 Å².